The van der Waals surface area contributed by atoms with Gasteiger partial charge in [-0.3, -0.25) is 4.79 Å². The molecule has 0 aliphatic heterocycles. The van der Waals surface area contributed by atoms with Crippen LogP contribution in [0.4, 0.5) is 13.2 Å². The number of carbonyl (C=O) groups excluding carboxylic acids is 1. The lowest BCUT2D eigenvalue weighted by Crippen LogP contribution is -2.12. The fourth-order valence-electron chi connectivity index (χ4n) is 2.45. The molecule has 7 heteroatoms. The van der Waals surface area contributed by atoms with E-state index in [-0.39, 0.29) is 22.1 Å². The smallest absolute Gasteiger partial charge is 0.365 e. The van der Waals surface area contributed by atoms with Gasteiger partial charge in [-0.25, -0.2) is 4.98 Å². The number of hydrogen-bond donors (Lipinski definition) is 1. The Labute approximate surface area is 129 Å². The Bertz CT molecular complexity index is 720. The summed E-state index contributed by atoms with van der Waals surface area (Å²) in [4.78, 5) is 16.0. The van der Waals surface area contributed by atoms with Crippen LogP contribution >= 0.6 is 11.3 Å². The Balaban J connectivity index is 2.15. The zero-order valence-electron chi connectivity index (χ0n) is 11.5. The van der Waals surface area contributed by atoms with Crippen molar-refractivity contribution in [3.8, 4) is 11.3 Å². The summed E-state index contributed by atoms with van der Waals surface area (Å²) in [5, 5.41) is 0.701. The van der Waals surface area contributed by atoms with Gasteiger partial charge in [0, 0.05) is 11.5 Å². The van der Waals surface area contributed by atoms with E-state index >= 15 is 0 Å². The van der Waals surface area contributed by atoms with Gasteiger partial charge in [-0.15, -0.1) is 11.3 Å². The molecule has 3 rings (SSSR count). The molecular weight excluding hydrogens is 313 g/mol. The molecule has 1 saturated carbocycles. The van der Waals surface area contributed by atoms with Crippen LogP contribution in [0, 0.1) is 0 Å². The molecule has 0 bridgehead atoms. The van der Waals surface area contributed by atoms with Crippen LogP contribution in [0.2, 0.25) is 0 Å². The van der Waals surface area contributed by atoms with Crippen LogP contribution in [0.5, 0.6) is 0 Å². The summed E-state index contributed by atoms with van der Waals surface area (Å²) in [6.07, 6.45) is -1.53. The van der Waals surface area contributed by atoms with Crippen LogP contribution in [0.1, 0.15) is 45.4 Å². The number of amides is 1. The third-order valence-electron chi connectivity index (χ3n) is 3.81. The highest BCUT2D eigenvalue weighted by Gasteiger charge is 2.35. The topological polar surface area (TPSA) is 56.0 Å². The highest BCUT2D eigenvalue weighted by molar-refractivity contribution is 7.14. The van der Waals surface area contributed by atoms with E-state index in [1.807, 2.05) is 0 Å². The number of carbonyl (C=O) groups is 1. The maximum Gasteiger partial charge on any atom is 0.417 e. The number of rotatable bonds is 3. The molecule has 0 spiro atoms. The quantitative estimate of drug-likeness (QED) is 0.919. The van der Waals surface area contributed by atoms with Crippen LogP contribution in [-0.2, 0) is 6.18 Å². The summed E-state index contributed by atoms with van der Waals surface area (Å²) in [6, 6.07) is 5.13. The fourth-order valence-corrected chi connectivity index (χ4v) is 3.55. The Morgan fingerprint density at radius 2 is 1.95 bits per heavy atom. The predicted molar refractivity (Wildman–Crippen MR) is 77.7 cm³/mol. The minimum absolute atomic E-state index is 0.0484. The van der Waals surface area contributed by atoms with E-state index in [4.69, 9.17) is 5.73 Å². The number of nitrogens with two attached hydrogens (primary N) is 1. The lowest BCUT2D eigenvalue weighted by molar-refractivity contribution is -0.137. The maximum absolute atomic E-state index is 13.2. The highest BCUT2D eigenvalue weighted by Crippen LogP contribution is 2.43. The number of primary amides is 1. The van der Waals surface area contributed by atoms with Crippen LogP contribution in [0.15, 0.2) is 24.3 Å². The average molecular weight is 326 g/mol. The van der Waals surface area contributed by atoms with Crippen molar-refractivity contribution < 1.29 is 18.0 Å². The summed E-state index contributed by atoms with van der Waals surface area (Å²) >= 11 is 1.11. The van der Waals surface area contributed by atoms with Gasteiger partial charge in [0.15, 0.2) is 0 Å². The van der Waals surface area contributed by atoms with Crippen LogP contribution in [0.3, 0.4) is 0 Å². The Hall–Kier alpha value is -1.89. The summed E-state index contributed by atoms with van der Waals surface area (Å²) in [7, 11) is 0. The number of benzene rings is 1. The van der Waals surface area contributed by atoms with Gasteiger partial charge in [0.2, 0.25) is 0 Å². The van der Waals surface area contributed by atoms with Crippen molar-refractivity contribution in [3.63, 3.8) is 0 Å². The average Bonchev–Trinajstić information content (AvgIpc) is 2.80. The SMILES string of the molecule is NC(=O)c1sc(C2CCC2)nc1-c1ccccc1C(F)(F)F. The molecule has 1 amide bonds. The predicted octanol–water partition coefficient (Wildman–Crippen LogP) is 4.20. The molecule has 0 saturated heterocycles. The summed E-state index contributed by atoms with van der Waals surface area (Å²) in [5.74, 6) is -0.509. The molecule has 22 heavy (non-hydrogen) atoms. The van der Waals surface area contributed by atoms with Gasteiger partial charge in [-0.2, -0.15) is 13.2 Å². The Kier molecular flexibility index (Phi) is 3.68. The zero-order valence-corrected chi connectivity index (χ0v) is 12.3. The first-order chi connectivity index (χ1) is 10.4. The molecule has 1 fully saturated rings. The molecule has 0 radical (unpaired) electrons. The van der Waals surface area contributed by atoms with E-state index in [2.05, 4.69) is 4.98 Å². The number of halogens is 3. The molecule has 116 valence electrons. The van der Waals surface area contributed by atoms with E-state index in [1.54, 1.807) is 0 Å². The Morgan fingerprint density at radius 1 is 1.27 bits per heavy atom. The molecule has 1 heterocycles. The van der Waals surface area contributed by atoms with E-state index < -0.39 is 17.6 Å². The standard InChI is InChI=1S/C15H13F3N2OS/c16-15(17,18)10-7-2-1-6-9(10)11-12(13(19)21)22-14(20-11)8-4-3-5-8/h1-2,6-8H,3-5H2,(H2,19,21). The van der Waals surface area contributed by atoms with Crippen molar-refractivity contribution in [1.82, 2.24) is 4.98 Å². The van der Waals surface area contributed by atoms with Crippen molar-refractivity contribution in [2.24, 2.45) is 5.73 Å². The largest absolute Gasteiger partial charge is 0.417 e. The van der Waals surface area contributed by atoms with Crippen molar-refractivity contribution in [3.05, 3.63) is 39.7 Å². The first-order valence-electron chi connectivity index (χ1n) is 6.85. The number of hydrogen-bond acceptors (Lipinski definition) is 3. The monoisotopic (exact) mass is 326 g/mol. The van der Waals surface area contributed by atoms with Gasteiger partial charge in [0.05, 0.1) is 16.3 Å². The van der Waals surface area contributed by atoms with Crippen LogP contribution < -0.4 is 5.73 Å². The number of thiazole rings is 1. The van der Waals surface area contributed by atoms with E-state index in [1.165, 1.54) is 18.2 Å². The van der Waals surface area contributed by atoms with Gasteiger partial charge in [-0.1, -0.05) is 24.6 Å². The number of nitrogens with zero attached hydrogens (tertiary/aromatic N) is 1. The molecule has 1 aliphatic carbocycles. The minimum atomic E-state index is -4.51. The molecule has 0 atom stereocenters. The summed E-state index contributed by atoms with van der Waals surface area (Å²) in [6.45, 7) is 0. The molecule has 2 N–H and O–H groups in total. The lowest BCUT2D eigenvalue weighted by atomic mass is 9.86. The van der Waals surface area contributed by atoms with Crippen molar-refractivity contribution >= 4 is 17.2 Å². The highest BCUT2D eigenvalue weighted by atomic mass is 32.1. The molecule has 0 unspecified atom stereocenters. The second-order valence-electron chi connectivity index (χ2n) is 5.27. The van der Waals surface area contributed by atoms with Gasteiger partial charge >= 0.3 is 6.18 Å². The van der Waals surface area contributed by atoms with Gasteiger partial charge in [-0.05, 0) is 18.9 Å². The minimum Gasteiger partial charge on any atom is -0.365 e. The first-order valence-corrected chi connectivity index (χ1v) is 7.66. The van der Waals surface area contributed by atoms with Crippen LogP contribution in [-0.4, -0.2) is 10.9 Å². The summed E-state index contributed by atoms with van der Waals surface area (Å²) < 4.78 is 39.5. The zero-order chi connectivity index (χ0) is 15.9. The second kappa shape index (κ2) is 5.39. The van der Waals surface area contributed by atoms with E-state index in [0.29, 0.717) is 5.01 Å². The molecule has 1 aromatic carbocycles. The molecular formula is C15H13F3N2OS. The van der Waals surface area contributed by atoms with Gasteiger partial charge in [0.25, 0.3) is 5.91 Å². The molecule has 1 aromatic heterocycles. The van der Waals surface area contributed by atoms with Crippen molar-refractivity contribution in [2.75, 3.05) is 0 Å². The van der Waals surface area contributed by atoms with Crippen LogP contribution in [0.25, 0.3) is 11.3 Å². The Morgan fingerprint density at radius 3 is 2.50 bits per heavy atom. The number of aromatic nitrogens is 1. The van der Waals surface area contributed by atoms with Gasteiger partial charge < -0.3 is 5.73 Å². The summed E-state index contributed by atoms with van der Waals surface area (Å²) in [5.41, 5.74) is 4.49. The molecule has 3 nitrogen and oxygen atoms in total. The number of alkyl halides is 3. The lowest BCUT2D eigenvalue weighted by Gasteiger charge is -2.22. The second-order valence-corrected chi connectivity index (χ2v) is 6.30. The first kappa shape index (κ1) is 15.0. The third-order valence-corrected chi connectivity index (χ3v) is 5.04. The van der Waals surface area contributed by atoms with E-state index in [9.17, 15) is 18.0 Å². The third kappa shape index (κ3) is 2.61. The molecule has 2 aromatic rings. The fraction of sp³-hybridized carbons (Fsp3) is 0.333. The normalized spacial score (nSPS) is 15.6. The van der Waals surface area contributed by atoms with Crippen molar-refractivity contribution in [1.29, 1.82) is 0 Å². The maximum atomic E-state index is 13.2. The van der Waals surface area contributed by atoms with E-state index in [0.717, 1.165) is 36.7 Å². The molecule has 1 aliphatic rings. The van der Waals surface area contributed by atoms with Gasteiger partial charge in [0.1, 0.15) is 4.88 Å². The van der Waals surface area contributed by atoms with Crippen molar-refractivity contribution in [2.45, 2.75) is 31.4 Å².